The minimum Gasteiger partial charge on any atom is -0.744 e. The van der Waals surface area contributed by atoms with Crippen LogP contribution in [0.2, 0.25) is 0 Å². The summed E-state index contributed by atoms with van der Waals surface area (Å²) in [4.78, 5) is 11.7. The molecule has 0 fully saturated rings. The number of carboxylic acid groups (broad SMARTS) is 1. The van der Waals surface area contributed by atoms with Crippen molar-refractivity contribution in [1.29, 1.82) is 0 Å². The van der Waals surface area contributed by atoms with Gasteiger partial charge >= 0.3 is 5.97 Å². The van der Waals surface area contributed by atoms with Crippen LogP contribution in [0.25, 0.3) is 0 Å². The largest absolute Gasteiger partial charge is 0.744 e. The van der Waals surface area contributed by atoms with Gasteiger partial charge in [-0.05, 0) is 51.0 Å². The van der Waals surface area contributed by atoms with Crippen LogP contribution in [0.5, 0.6) is 0 Å². The van der Waals surface area contributed by atoms with Gasteiger partial charge in [-0.3, -0.25) is 0 Å². The zero-order valence-electron chi connectivity index (χ0n) is 17.9. The maximum absolute atomic E-state index is 10.4. The first-order chi connectivity index (χ1) is 13.5. The molecule has 7 heteroatoms. The molecular formula is C22H33NO5S. The topological polar surface area (TPSA) is 98.9 Å². The van der Waals surface area contributed by atoms with Gasteiger partial charge in [0.05, 0.1) is 31.1 Å². The predicted octanol–water partition coefficient (Wildman–Crippen LogP) is 2.91. The van der Waals surface area contributed by atoms with E-state index in [9.17, 15) is 17.8 Å². The molecule has 0 bridgehead atoms. The van der Waals surface area contributed by atoms with Gasteiger partial charge in [-0.1, -0.05) is 48.7 Å². The van der Waals surface area contributed by atoms with Crippen molar-refractivity contribution in [3.8, 4) is 0 Å². The second-order valence-electron chi connectivity index (χ2n) is 7.10. The normalized spacial score (nSPS) is 10.4. The summed E-state index contributed by atoms with van der Waals surface area (Å²) >= 11 is 0. The summed E-state index contributed by atoms with van der Waals surface area (Å²) in [6.07, 6.45) is 4.12. The van der Waals surface area contributed by atoms with Crippen molar-refractivity contribution in [3.05, 3.63) is 65.2 Å². The van der Waals surface area contributed by atoms with Crippen molar-refractivity contribution in [3.63, 3.8) is 0 Å². The van der Waals surface area contributed by atoms with E-state index >= 15 is 0 Å². The van der Waals surface area contributed by atoms with Crippen LogP contribution < -0.4 is 4.90 Å². The van der Waals surface area contributed by atoms with Gasteiger partial charge in [-0.25, -0.2) is 13.2 Å². The molecule has 0 aliphatic rings. The number of nitrogens with one attached hydrogen (secondary N) is 1. The van der Waals surface area contributed by atoms with Crippen LogP contribution in [0.3, 0.4) is 0 Å². The molecular weight excluding hydrogens is 390 g/mol. The van der Waals surface area contributed by atoms with Crippen LogP contribution in [0.4, 0.5) is 0 Å². The minimum absolute atomic E-state index is 0.178. The second-order valence-corrected chi connectivity index (χ2v) is 8.48. The lowest BCUT2D eigenvalue weighted by molar-refractivity contribution is -0.858. The number of hydrogen-bond acceptors (Lipinski definition) is 4. The molecule has 0 saturated heterocycles. The fourth-order valence-electron chi connectivity index (χ4n) is 2.13. The Morgan fingerprint density at radius 3 is 1.72 bits per heavy atom. The number of quaternary nitrogens is 1. The Morgan fingerprint density at radius 1 is 0.931 bits per heavy atom. The van der Waals surface area contributed by atoms with Crippen molar-refractivity contribution in [1.82, 2.24) is 0 Å². The van der Waals surface area contributed by atoms with Crippen LogP contribution in [0.1, 0.15) is 47.7 Å². The van der Waals surface area contributed by atoms with Crippen molar-refractivity contribution in [2.45, 2.75) is 44.9 Å². The summed E-state index contributed by atoms with van der Waals surface area (Å²) in [5.41, 5.74) is 2.34. The zero-order chi connectivity index (χ0) is 22.4. The van der Waals surface area contributed by atoms with E-state index in [2.05, 4.69) is 21.0 Å². The van der Waals surface area contributed by atoms with Gasteiger partial charge < -0.3 is 14.6 Å². The van der Waals surface area contributed by atoms with Crippen molar-refractivity contribution >= 4 is 16.1 Å². The quantitative estimate of drug-likeness (QED) is 0.550. The summed E-state index contributed by atoms with van der Waals surface area (Å²) < 4.78 is 31.2. The maximum atomic E-state index is 10.4. The summed E-state index contributed by atoms with van der Waals surface area (Å²) in [6.45, 7) is 7.31. The van der Waals surface area contributed by atoms with Gasteiger partial charge in [0.25, 0.3) is 0 Å². The molecule has 0 aliphatic carbocycles. The minimum atomic E-state index is -4.27. The number of benzene rings is 2. The fraction of sp³-hybridized carbons (Fsp3) is 0.409. The lowest BCUT2D eigenvalue weighted by atomic mass is 10.2. The highest BCUT2D eigenvalue weighted by Gasteiger charge is 1.99. The van der Waals surface area contributed by atoms with Gasteiger partial charge in [0.15, 0.2) is 0 Å². The first-order valence-electron chi connectivity index (χ1n) is 9.59. The molecule has 2 rings (SSSR count). The van der Waals surface area contributed by atoms with Crippen LogP contribution >= 0.6 is 0 Å². The van der Waals surface area contributed by atoms with Gasteiger partial charge in [-0.2, -0.15) is 0 Å². The van der Waals surface area contributed by atoms with Crippen molar-refractivity contribution < 1.29 is 27.8 Å². The molecule has 0 unspecified atom stereocenters. The van der Waals surface area contributed by atoms with E-state index < -0.39 is 16.1 Å². The third-order valence-corrected chi connectivity index (χ3v) is 4.74. The highest BCUT2D eigenvalue weighted by Crippen LogP contribution is 2.08. The Labute approximate surface area is 174 Å². The highest BCUT2D eigenvalue weighted by molar-refractivity contribution is 7.85. The molecule has 6 nitrogen and oxygen atoms in total. The Balaban J connectivity index is 0.000000412. The second kappa shape index (κ2) is 13.9. The molecule has 2 aromatic carbocycles. The summed E-state index contributed by atoms with van der Waals surface area (Å²) in [5, 5.41) is 8.48. The first-order valence-corrected chi connectivity index (χ1v) is 11.0. The fourth-order valence-corrected chi connectivity index (χ4v) is 2.60. The van der Waals surface area contributed by atoms with E-state index in [-0.39, 0.29) is 4.90 Å². The third-order valence-electron chi connectivity index (χ3n) is 3.89. The molecule has 0 aromatic heterocycles. The lowest BCUT2D eigenvalue weighted by Crippen LogP contribution is -3.05. The average Bonchev–Trinajstić information content (AvgIpc) is 2.63. The standard InChI is InChI=1S/C8H8O2.C7H17N.C7H8O3S/c1-6-2-4-7(5-3-6)8(9)10;1-4-5-6-7-8(2)3;1-6-2-4-7(5-3-6)11(8,9)10/h2-5H,1H3,(H,9,10);4-7H2,1-3H3;2-5H,1H3,(H,8,9,10). The molecule has 2 N–H and O–H groups in total. The van der Waals surface area contributed by atoms with Gasteiger partial charge in [0.2, 0.25) is 0 Å². The average molecular weight is 424 g/mol. The number of carboxylic acids is 1. The lowest BCUT2D eigenvalue weighted by Gasteiger charge is -2.05. The number of hydrogen-bond donors (Lipinski definition) is 2. The molecule has 162 valence electrons. The number of aryl methyl sites for hydroxylation is 2. The molecule has 0 heterocycles. The summed E-state index contributed by atoms with van der Waals surface area (Å²) in [5.74, 6) is -0.875. The summed E-state index contributed by atoms with van der Waals surface area (Å²) in [7, 11) is 0.138. The van der Waals surface area contributed by atoms with Crippen LogP contribution in [-0.4, -0.2) is 44.7 Å². The molecule has 0 radical (unpaired) electrons. The molecule has 0 saturated carbocycles. The van der Waals surface area contributed by atoms with Crippen molar-refractivity contribution in [2.75, 3.05) is 20.6 Å². The van der Waals surface area contributed by atoms with E-state index in [1.54, 1.807) is 41.3 Å². The number of carbonyl (C=O) groups is 1. The predicted molar refractivity (Wildman–Crippen MR) is 114 cm³/mol. The van der Waals surface area contributed by atoms with Gasteiger partial charge in [-0.15, -0.1) is 0 Å². The Hall–Kier alpha value is -2.22. The number of aromatic carboxylic acids is 1. The first kappa shape index (κ1) is 26.8. The van der Waals surface area contributed by atoms with E-state index in [1.807, 2.05) is 13.8 Å². The van der Waals surface area contributed by atoms with E-state index in [0.717, 1.165) is 11.1 Å². The molecule has 0 aliphatic heterocycles. The number of rotatable bonds is 6. The van der Waals surface area contributed by atoms with Gasteiger partial charge in [0.1, 0.15) is 10.1 Å². The smallest absolute Gasteiger partial charge is 0.335 e. The summed E-state index contributed by atoms with van der Waals surface area (Å²) in [6, 6.07) is 12.5. The molecule has 2 aromatic rings. The number of unbranched alkanes of at least 4 members (excludes halogenated alkanes) is 2. The highest BCUT2D eigenvalue weighted by atomic mass is 32.2. The van der Waals surface area contributed by atoms with Crippen LogP contribution in [0.15, 0.2) is 53.4 Å². The molecule has 0 atom stereocenters. The molecule has 0 amide bonds. The van der Waals surface area contributed by atoms with Crippen LogP contribution in [-0.2, 0) is 10.1 Å². The Kier molecular flexibility index (Phi) is 12.8. The molecule has 0 spiro atoms. The van der Waals surface area contributed by atoms with E-state index in [1.165, 1.54) is 37.9 Å². The Bertz CT molecular complexity index is 813. The monoisotopic (exact) mass is 423 g/mol. The van der Waals surface area contributed by atoms with E-state index in [0.29, 0.717) is 5.56 Å². The zero-order valence-corrected chi connectivity index (χ0v) is 18.8. The molecule has 29 heavy (non-hydrogen) atoms. The SMILES string of the molecule is CCCCC[NH+](C)C.Cc1ccc(C(=O)O)cc1.Cc1ccc(S(=O)(=O)[O-])cc1. The maximum Gasteiger partial charge on any atom is 0.335 e. The Morgan fingerprint density at radius 2 is 1.38 bits per heavy atom. The van der Waals surface area contributed by atoms with E-state index in [4.69, 9.17) is 5.11 Å². The van der Waals surface area contributed by atoms with Crippen molar-refractivity contribution in [2.24, 2.45) is 0 Å². The van der Waals surface area contributed by atoms with Gasteiger partial charge in [0, 0.05) is 0 Å². The van der Waals surface area contributed by atoms with Crippen LogP contribution in [0, 0.1) is 13.8 Å². The third kappa shape index (κ3) is 13.6.